The van der Waals surface area contributed by atoms with Crippen LogP contribution >= 0.6 is 11.6 Å². The van der Waals surface area contributed by atoms with Crippen molar-refractivity contribution < 1.29 is 9.53 Å². The maximum Gasteiger partial charge on any atom is 0.151 e. The van der Waals surface area contributed by atoms with Crippen molar-refractivity contribution in [1.29, 1.82) is 0 Å². The molecule has 102 valence electrons. The predicted octanol–water partition coefficient (Wildman–Crippen LogP) is 4.49. The molecule has 3 rings (SSSR count). The molecule has 0 unspecified atom stereocenters. The SMILES string of the molecule is CC1(C)COc2ccc(-c3ccc(Cl)c(C=O)c3)cc21. The van der Waals surface area contributed by atoms with Gasteiger partial charge < -0.3 is 4.74 Å². The first-order chi connectivity index (χ1) is 9.51. The second-order valence-electron chi connectivity index (χ2n) is 5.74. The first kappa shape index (κ1) is 13.2. The molecule has 0 saturated heterocycles. The maximum atomic E-state index is 11.0. The Kier molecular flexibility index (Phi) is 3.06. The molecule has 0 saturated carbocycles. The Balaban J connectivity index is 2.10. The van der Waals surface area contributed by atoms with Gasteiger partial charge in [0.1, 0.15) is 5.75 Å². The lowest BCUT2D eigenvalue weighted by Gasteiger charge is -2.16. The quantitative estimate of drug-likeness (QED) is 0.760. The highest BCUT2D eigenvalue weighted by molar-refractivity contribution is 6.33. The average Bonchev–Trinajstić information content (AvgIpc) is 2.75. The molecule has 2 aromatic carbocycles. The number of hydrogen-bond acceptors (Lipinski definition) is 2. The van der Waals surface area contributed by atoms with Gasteiger partial charge in [0.2, 0.25) is 0 Å². The molecule has 0 aliphatic carbocycles. The summed E-state index contributed by atoms with van der Waals surface area (Å²) < 4.78 is 5.69. The molecule has 0 radical (unpaired) electrons. The van der Waals surface area contributed by atoms with Crippen LogP contribution in [0.5, 0.6) is 5.75 Å². The van der Waals surface area contributed by atoms with Crippen LogP contribution in [0.3, 0.4) is 0 Å². The second-order valence-corrected chi connectivity index (χ2v) is 6.14. The van der Waals surface area contributed by atoms with E-state index in [4.69, 9.17) is 16.3 Å². The normalized spacial score (nSPS) is 15.6. The van der Waals surface area contributed by atoms with Gasteiger partial charge in [0.15, 0.2) is 6.29 Å². The molecule has 0 spiro atoms. The second kappa shape index (κ2) is 4.64. The van der Waals surface area contributed by atoms with Crippen LogP contribution in [0.4, 0.5) is 0 Å². The van der Waals surface area contributed by atoms with Gasteiger partial charge in [0.05, 0.1) is 11.6 Å². The van der Waals surface area contributed by atoms with Crippen LogP contribution in [0.2, 0.25) is 5.02 Å². The van der Waals surface area contributed by atoms with Crippen LogP contribution in [-0.2, 0) is 5.41 Å². The Hall–Kier alpha value is -1.80. The maximum absolute atomic E-state index is 11.0. The predicted molar refractivity (Wildman–Crippen MR) is 80.8 cm³/mol. The average molecular weight is 287 g/mol. The highest BCUT2D eigenvalue weighted by atomic mass is 35.5. The molecular weight excluding hydrogens is 272 g/mol. The van der Waals surface area contributed by atoms with E-state index >= 15 is 0 Å². The smallest absolute Gasteiger partial charge is 0.151 e. The fourth-order valence-electron chi connectivity index (χ4n) is 2.51. The number of carbonyl (C=O) groups is 1. The fourth-order valence-corrected chi connectivity index (χ4v) is 2.68. The zero-order valence-corrected chi connectivity index (χ0v) is 12.2. The van der Waals surface area contributed by atoms with Crippen molar-refractivity contribution in [2.75, 3.05) is 6.61 Å². The van der Waals surface area contributed by atoms with Crippen molar-refractivity contribution in [3.8, 4) is 16.9 Å². The number of rotatable bonds is 2. The van der Waals surface area contributed by atoms with E-state index in [9.17, 15) is 4.79 Å². The number of fused-ring (bicyclic) bond motifs is 1. The Morgan fingerprint density at radius 1 is 1.15 bits per heavy atom. The van der Waals surface area contributed by atoms with Gasteiger partial charge in [-0.2, -0.15) is 0 Å². The summed E-state index contributed by atoms with van der Waals surface area (Å²) in [5, 5.41) is 0.480. The van der Waals surface area contributed by atoms with E-state index in [1.807, 2.05) is 24.3 Å². The number of halogens is 1. The molecule has 1 aliphatic rings. The van der Waals surface area contributed by atoms with Gasteiger partial charge in [-0.15, -0.1) is 0 Å². The number of hydrogen-bond donors (Lipinski definition) is 0. The van der Waals surface area contributed by atoms with E-state index in [-0.39, 0.29) is 5.41 Å². The van der Waals surface area contributed by atoms with E-state index < -0.39 is 0 Å². The lowest BCUT2D eigenvalue weighted by molar-refractivity contribution is 0.112. The third-order valence-corrected chi connectivity index (χ3v) is 4.10. The Morgan fingerprint density at radius 2 is 1.85 bits per heavy atom. The van der Waals surface area contributed by atoms with Gasteiger partial charge >= 0.3 is 0 Å². The van der Waals surface area contributed by atoms with Gasteiger partial charge in [0.25, 0.3) is 0 Å². The molecule has 0 fully saturated rings. The molecule has 20 heavy (non-hydrogen) atoms. The molecule has 1 heterocycles. The molecule has 0 bridgehead atoms. The van der Waals surface area contributed by atoms with Crippen molar-refractivity contribution in [3.05, 3.63) is 52.5 Å². The molecule has 0 N–H and O–H groups in total. The van der Waals surface area contributed by atoms with Crippen molar-refractivity contribution in [2.24, 2.45) is 0 Å². The Bertz CT molecular complexity index is 689. The molecule has 0 amide bonds. The topological polar surface area (TPSA) is 26.3 Å². The van der Waals surface area contributed by atoms with Crippen molar-refractivity contribution in [2.45, 2.75) is 19.3 Å². The molecular formula is C17H15ClO2. The Labute approximate surface area is 123 Å². The minimum atomic E-state index is 0.0191. The lowest BCUT2D eigenvalue weighted by Crippen LogP contribution is -2.18. The summed E-state index contributed by atoms with van der Waals surface area (Å²) in [5.74, 6) is 0.948. The van der Waals surface area contributed by atoms with Crippen LogP contribution in [-0.4, -0.2) is 12.9 Å². The van der Waals surface area contributed by atoms with Gasteiger partial charge in [-0.05, 0) is 35.4 Å². The number of benzene rings is 2. The van der Waals surface area contributed by atoms with E-state index in [1.54, 1.807) is 6.07 Å². The summed E-state index contributed by atoms with van der Waals surface area (Å²) in [6, 6.07) is 11.7. The summed E-state index contributed by atoms with van der Waals surface area (Å²) in [4.78, 5) is 11.0. The van der Waals surface area contributed by atoms with E-state index in [0.29, 0.717) is 17.2 Å². The van der Waals surface area contributed by atoms with Gasteiger partial charge in [-0.3, -0.25) is 4.79 Å². The van der Waals surface area contributed by atoms with Crippen LogP contribution in [0.15, 0.2) is 36.4 Å². The van der Waals surface area contributed by atoms with E-state index in [2.05, 4.69) is 19.9 Å². The summed E-state index contributed by atoms with van der Waals surface area (Å²) in [6.45, 7) is 5.04. The molecule has 2 nitrogen and oxygen atoms in total. The van der Waals surface area contributed by atoms with Crippen molar-refractivity contribution in [3.63, 3.8) is 0 Å². The highest BCUT2D eigenvalue weighted by Crippen LogP contribution is 2.40. The van der Waals surface area contributed by atoms with E-state index in [1.165, 1.54) is 5.56 Å². The van der Waals surface area contributed by atoms with Crippen LogP contribution < -0.4 is 4.74 Å². The van der Waals surface area contributed by atoms with Crippen molar-refractivity contribution in [1.82, 2.24) is 0 Å². The molecule has 0 aromatic heterocycles. The van der Waals surface area contributed by atoms with Crippen LogP contribution in [0.1, 0.15) is 29.8 Å². The minimum absolute atomic E-state index is 0.0191. The lowest BCUT2D eigenvalue weighted by atomic mass is 9.85. The summed E-state index contributed by atoms with van der Waals surface area (Å²) in [7, 11) is 0. The van der Waals surface area contributed by atoms with Crippen molar-refractivity contribution >= 4 is 17.9 Å². The van der Waals surface area contributed by atoms with Gasteiger partial charge in [0, 0.05) is 16.5 Å². The molecule has 0 atom stereocenters. The largest absolute Gasteiger partial charge is 0.492 e. The monoisotopic (exact) mass is 286 g/mol. The first-order valence-corrected chi connectivity index (χ1v) is 6.91. The summed E-state index contributed by atoms with van der Waals surface area (Å²) in [5.41, 5.74) is 3.80. The number of ether oxygens (including phenoxy) is 1. The molecule has 3 heteroatoms. The summed E-state index contributed by atoms with van der Waals surface area (Å²) in [6.07, 6.45) is 0.784. The zero-order valence-electron chi connectivity index (χ0n) is 11.4. The van der Waals surface area contributed by atoms with Crippen LogP contribution in [0.25, 0.3) is 11.1 Å². The Morgan fingerprint density at radius 3 is 2.60 bits per heavy atom. The minimum Gasteiger partial charge on any atom is -0.492 e. The summed E-state index contributed by atoms with van der Waals surface area (Å²) >= 11 is 5.97. The van der Waals surface area contributed by atoms with E-state index in [0.717, 1.165) is 23.2 Å². The third kappa shape index (κ3) is 2.10. The molecule has 1 aliphatic heterocycles. The van der Waals surface area contributed by atoms with Crippen LogP contribution in [0, 0.1) is 0 Å². The molecule has 2 aromatic rings. The van der Waals surface area contributed by atoms with Gasteiger partial charge in [-0.1, -0.05) is 37.6 Å². The third-order valence-electron chi connectivity index (χ3n) is 3.75. The number of carbonyl (C=O) groups excluding carboxylic acids is 1. The standard InChI is InChI=1S/C17H15ClO2/c1-17(2)10-20-16-6-4-12(8-14(16)17)11-3-5-15(18)13(7-11)9-19/h3-9H,10H2,1-2H3. The zero-order chi connectivity index (χ0) is 14.3. The number of aldehydes is 1. The fraction of sp³-hybridized carbons (Fsp3) is 0.235. The van der Waals surface area contributed by atoms with Gasteiger partial charge in [-0.25, -0.2) is 0 Å². The highest BCUT2D eigenvalue weighted by Gasteiger charge is 2.31. The first-order valence-electron chi connectivity index (χ1n) is 6.54.